The highest BCUT2D eigenvalue weighted by molar-refractivity contribution is 5.88. The van der Waals surface area contributed by atoms with E-state index in [0.717, 1.165) is 40.7 Å². The predicted molar refractivity (Wildman–Crippen MR) is 108 cm³/mol. The van der Waals surface area contributed by atoms with E-state index < -0.39 is 0 Å². The number of ether oxygens (including phenoxy) is 1. The first-order valence-electron chi connectivity index (χ1n) is 8.89. The summed E-state index contributed by atoms with van der Waals surface area (Å²) in [5, 5.41) is 1.60. The molecule has 0 fully saturated rings. The molecule has 0 amide bonds. The Morgan fingerprint density at radius 2 is 1.77 bits per heavy atom. The van der Waals surface area contributed by atoms with E-state index in [0.29, 0.717) is 12.0 Å². The highest BCUT2D eigenvalue weighted by Crippen LogP contribution is 2.29. The van der Waals surface area contributed by atoms with Crippen molar-refractivity contribution in [3.05, 3.63) is 90.8 Å². The van der Waals surface area contributed by atoms with Gasteiger partial charge in [0, 0.05) is 5.39 Å². The van der Waals surface area contributed by atoms with Crippen LogP contribution in [0.4, 0.5) is 4.39 Å². The number of allylic oxidation sites excluding steroid dienone is 2. The van der Waals surface area contributed by atoms with E-state index in [1.165, 1.54) is 0 Å². The minimum Gasteiger partial charge on any atom is -0.490 e. The Labute approximate surface area is 154 Å². The number of fused-ring (bicyclic) bond motifs is 1. The maximum absolute atomic E-state index is 14.8. The fourth-order valence-electron chi connectivity index (χ4n) is 3.01. The number of hydrogen-bond donors (Lipinski definition) is 0. The van der Waals surface area contributed by atoms with Gasteiger partial charge in [0.2, 0.25) is 0 Å². The van der Waals surface area contributed by atoms with Crippen LogP contribution in [-0.2, 0) is 6.42 Å². The predicted octanol–water partition coefficient (Wildman–Crippen LogP) is 6.72. The van der Waals surface area contributed by atoms with Crippen LogP contribution in [0.3, 0.4) is 0 Å². The monoisotopic (exact) mass is 346 g/mol. The molecule has 0 saturated heterocycles. The van der Waals surface area contributed by atoms with Gasteiger partial charge in [0.1, 0.15) is 18.2 Å². The van der Waals surface area contributed by atoms with E-state index in [9.17, 15) is 4.39 Å². The topological polar surface area (TPSA) is 9.23 Å². The first-order valence-corrected chi connectivity index (χ1v) is 8.89. The van der Waals surface area contributed by atoms with Crippen molar-refractivity contribution in [1.29, 1.82) is 0 Å². The molecule has 0 aliphatic heterocycles. The average Bonchev–Trinajstić information content (AvgIpc) is 2.68. The molecule has 0 aliphatic rings. The molecule has 3 aromatic rings. The van der Waals surface area contributed by atoms with Crippen molar-refractivity contribution in [3.8, 4) is 16.9 Å². The molecule has 0 unspecified atom stereocenters. The van der Waals surface area contributed by atoms with Gasteiger partial charge in [-0.25, -0.2) is 4.39 Å². The lowest BCUT2D eigenvalue weighted by Gasteiger charge is -2.09. The molecular weight excluding hydrogens is 323 g/mol. The summed E-state index contributed by atoms with van der Waals surface area (Å²) in [5.41, 5.74) is 2.91. The second-order valence-corrected chi connectivity index (χ2v) is 6.21. The van der Waals surface area contributed by atoms with Crippen LogP contribution in [0, 0.1) is 5.82 Å². The normalized spacial score (nSPS) is 11.2. The molecule has 1 nitrogen and oxygen atoms in total. The van der Waals surface area contributed by atoms with Gasteiger partial charge in [-0.1, -0.05) is 61.2 Å². The van der Waals surface area contributed by atoms with Gasteiger partial charge in [-0.3, -0.25) is 0 Å². The Morgan fingerprint density at radius 3 is 2.50 bits per heavy atom. The summed E-state index contributed by atoms with van der Waals surface area (Å²) in [4.78, 5) is 0. The Hall–Kier alpha value is -2.87. The number of hydrogen-bond acceptors (Lipinski definition) is 1. The summed E-state index contributed by atoms with van der Waals surface area (Å²) < 4.78 is 20.3. The molecule has 0 atom stereocenters. The molecule has 0 bridgehead atoms. The molecule has 0 saturated carbocycles. The molecule has 0 heterocycles. The van der Waals surface area contributed by atoms with Crippen LogP contribution < -0.4 is 4.74 Å². The Morgan fingerprint density at radius 1 is 1.00 bits per heavy atom. The van der Waals surface area contributed by atoms with Gasteiger partial charge in [0.05, 0.1) is 0 Å². The number of benzene rings is 3. The Kier molecular flexibility index (Phi) is 5.85. The maximum Gasteiger partial charge on any atom is 0.134 e. The van der Waals surface area contributed by atoms with Gasteiger partial charge in [0.15, 0.2) is 0 Å². The van der Waals surface area contributed by atoms with E-state index in [4.69, 9.17) is 4.74 Å². The Balaban J connectivity index is 1.87. The quantitative estimate of drug-likeness (QED) is 0.431. The van der Waals surface area contributed by atoms with E-state index in [1.807, 2.05) is 67.6 Å². The molecule has 0 spiro atoms. The zero-order valence-electron chi connectivity index (χ0n) is 15.0. The van der Waals surface area contributed by atoms with Crippen molar-refractivity contribution < 1.29 is 9.13 Å². The van der Waals surface area contributed by atoms with Crippen LogP contribution in [0.15, 0.2) is 79.4 Å². The number of halogens is 1. The third kappa shape index (κ3) is 4.02. The Bertz CT molecular complexity index is 923. The molecular formula is C24H23FO. The van der Waals surface area contributed by atoms with Crippen LogP contribution in [0.1, 0.15) is 18.9 Å². The van der Waals surface area contributed by atoms with Crippen molar-refractivity contribution in [2.45, 2.75) is 19.8 Å². The highest BCUT2D eigenvalue weighted by atomic mass is 19.1. The summed E-state index contributed by atoms with van der Waals surface area (Å²) in [7, 11) is 0. The van der Waals surface area contributed by atoms with Crippen molar-refractivity contribution in [1.82, 2.24) is 0 Å². The van der Waals surface area contributed by atoms with Crippen LogP contribution in [0.25, 0.3) is 21.9 Å². The molecule has 0 N–H and O–H groups in total. The minimum absolute atomic E-state index is 0.105. The van der Waals surface area contributed by atoms with E-state index >= 15 is 0 Å². The molecule has 0 aromatic heterocycles. The van der Waals surface area contributed by atoms with E-state index in [2.05, 4.69) is 12.7 Å². The standard InChI is InChI=1S/C24H23FO/c1-3-5-6-7-19-8-9-21-17-20(12-15-23(21)24(19)25)18-10-13-22(14-11-18)26-16-4-2/h3-5,8-15,17H,2,6-7,16H2,1H3/b5-3+. The first kappa shape index (κ1) is 17.9. The van der Waals surface area contributed by atoms with Gasteiger partial charge < -0.3 is 4.74 Å². The highest BCUT2D eigenvalue weighted by Gasteiger charge is 2.08. The summed E-state index contributed by atoms with van der Waals surface area (Å²) in [6.45, 7) is 6.12. The maximum atomic E-state index is 14.8. The third-order valence-corrected chi connectivity index (χ3v) is 4.41. The van der Waals surface area contributed by atoms with Crippen LogP contribution in [-0.4, -0.2) is 6.61 Å². The smallest absolute Gasteiger partial charge is 0.134 e. The summed E-state index contributed by atoms with van der Waals surface area (Å²) in [6.07, 6.45) is 7.37. The zero-order chi connectivity index (χ0) is 18.4. The molecule has 2 heteroatoms. The second-order valence-electron chi connectivity index (χ2n) is 6.21. The zero-order valence-corrected chi connectivity index (χ0v) is 15.0. The van der Waals surface area contributed by atoms with E-state index in [-0.39, 0.29) is 5.82 Å². The van der Waals surface area contributed by atoms with Crippen LogP contribution in [0.2, 0.25) is 0 Å². The van der Waals surface area contributed by atoms with Gasteiger partial charge in [-0.05, 0) is 60.0 Å². The lowest BCUT2D eigenvalue weighted by molar-refractivity contribution is 0.363. The molecule has 0 aliphatic carbocycles. The summed E-state index contributed by atoms with van der Waals surface area (Å²) >= 11 is 0. The van der Waals surface area contributed by atoms with Gasteiger partial charge in [-0.15, -0.1) is 0 Å². The van der Waals surface area contributed by atoms with Gasteiger partial charge in [0.25, 0.3) is 0 Å². The third-order valence-electron chi connectivity index (χ3n) is 4.41. The SMILES string of the molecule is C=CCOc1ccc(-c2ccc3c(F)c(CC/C=C/C)ccc3c2)cc1. The van der Waals surface area contributed by atoms with Crippen molar-refractivity contribution >= 4 is 10.8 Å². The van der Waals surface area contributed by atoms with Crippen molar-refractivity contribution in [3.63, 3.8) is 0 Å². The molecule has 0 radical (unpaired) electrons. The van der Waals surface area contributed by atoms with Gasteiger partial charge >= 0.3 is 0 Å². The number of aryl methyl sites for hydroxylation is 1. The van der Waals surface area contributed by atoms with E-state index in [1.54, 1.807) is 6.08 Å². The second kappa shape index (κ2) is 8.48. The first-order chi connectivity index (χ1) is 12.7. The van der Waals surface area contributed by atoms with Crippen LogP contribution >= 0.6 is 0 Å². The molecule has 3 rings (SSSR count). The fraction of sp³-hybridized carbons (Fsp3) is 0.167. The lowest BCUT2D eigenvalue weighted by Crippen LogP contribution is -1.93. The largest absolute Gasteiger partial charge is 0.490 e. The number of rotatable bonds is 7. The van der Waals surface area contributed by atoms with Crippen molar-refractivity contribution in [2.75, 3.05) is 6.61 Å². The summed E-state index contributed by atoms with van der Waals surface area (Å²) in [6, 6.07) is 17.7. The van der Waals surface area contributed by atoms with Gasteiger partial charge in [-0.2, -0.15) is 0 Å². The average molecular weight is 346 g/mol. The molecule has 3 aromatic carbocycles. The minimum atomic E-state index is -0.105. The molecule has 26 heavy (non-hydrogen) atoms. The van der Waals surface area contributed by atoms with Crippen LogP contribution in [0.5, 0.6) is 5.75 Å². The summed E-state index contributed by atoms with van der Waals surface area (Å²) in [5.74, 6) is 0.706. The fourth-order valence-corrected chi connectivity index (χ4v) is 3.01. The van der Waals surface area contributed by atoms with Crippen molar-refractivity contribution in [2.24, 2.45) is 0 Å². The molecule has 132 valence electrons. The lowest BCUT2D eigenvalue weighted by atomic mass is 9.98.